The van der Waals surface area contributed by atoms with Crippen molar-refractivity contribution in [2.75, 3.05) is 19.8 Å². The third-order valence-electron chi connectivity index (χ3n) is 5.73. The van der Waals surface area contributed by atoms with Crippen molar-refractivity contribution in [3.05, 3.63) is 24.3 Å². The summed E-state index contributed by atoms with van der Waals surface area (Å²) in [6.45, 7) is 2.11. The third-order valence-corrected chi connectivity index (χ3v) is 5.73. The van der Waals surface area contributed by atoms with Crippen molar-refractivity contribution in [1.82, 2.24) is 24.8 Å². The molecule has 29 heavy (non-hydrogen) atoms. The van der Waals surface area contributed by atoms with Gasteiger partial charge in [0.15, 0.2) is 5.82 Å². The lowest BCUT2D eigenvalue weighted by atomic mass is 9.95. The van der Waals surface area contributed by atoms with E-state index in [-0.39, 0.29) is 11.9 Å². The van der Waals surface area contributed by atoms with Crippen LogP contribution in [0.3, 0.4) is 0 Å². The van der Waals surface area contributed by atoms with Gasteiger partial charge in [0.2, 0.25) is 5.88 Å². The van der Waals surface area contributed by atoms with E-state index in [4.69, 9.17) is 9.47 Å². The molecule has 2 aromatic rings. The van der Waals surface area contributed by atoms with Crippen molar-refractivity contribution in [1.29, 1.82) is 0 Å². The lowest BCUT2D eigenvalue weighted by Gasteiger charge is -2.23. The largest absolute Gasteiger partial charge is 0.477 e. The zero-order valence-electron chi connectivity index (χ0n) is 17.0. The number of carbonyl (C=O) groups excluding carboxylic acids is 1. The molecule has 2 fully saturated rings. The Labute approximate surface area is 171 Å². The van der Waals surface area contributed by atoms with Crippen LogP contribution in [0.1, 0.15) is 55.4 Å². The maximum Gasteiger partial charge on any atom is 0.270 e. The predicted molar refractivity (Wildman–Crippen MR) is 108 cm³/mol. The van der Waals surface area contributed by atoms with Gasteiger partial charge in [-0.15, -0.1) is 0 Å². The smallest absolute Gasteiger partial charge is 0.270 e. The van der Waals surface area contributed by atoms with E-state index < -0.39 is 0 Å². The molecule has 8 heteroatoms. The zero-order chi connectivity index (χ0) is 20.1. The molecular formula is C21H29N5O3. The van der Waals surface area contributed by atoms with Crippen LogP contribution >= 0.6 is 0 Å². The van der Waals surface area contributed by atoms with Crippen molar-refractivity contribution in [3.8, 4) is 17.4 Å². The molecular weight excluding hydrogens is 370 g/mol. The minimum absolute atomic E-state index is 0.168. The molecule has 1 saturated heterocycles. The van der Waals surface area contributed by atoms with E-state index in [0.29, 0.717) is 29.9 Å². The Bertz CT molecular complexity index is 825. The van der Waals surface area contributed by atoms with Crippen LogP contribution in [0, 0.1) is 5.92 Å². The van der Waals surface area contributed by atoms with Crippen LogP contribution in [0.25, 0.3) is 11.5 Å². The Morgan fingerprint density at radius 2 is 2.00 bits per heavy atom. The maximum absolute atomic E-state index is 12.9. The normalized spacial score (nSPS) is 18.5. The second-order valence-electron chi connectivity index (χ2n) is 7.98. The molecule has 1 aliphatic heterocycles. The van der Waals surface area contributed by atoms with Crippen LogP contribution < -0.4 is 10.1 Å². The van der Waals surface area contributed by atoms with Gasteiger partial charge >= 0.3 is 0 Å². The number of ether oxygens (including phenoxy) is 2. The van der Waals surface area contributed by atoms with Gasteiger partial charge in [-0.3, -0.25) is 4.79 Å². The number of hydrogen-bond donors (Lipinski definition) is 1. The van der Waals surface area contributed by atoms with E-state index in [1.807, 2.05) is 11.6 Å². The summed E-state index contributed by atoms with van der Waals surface area (Å²) in [5.41, 5.74) is 1.08. The number of imidazole rings is 1. The Morgan fingerprint density at radius 3 is 2.72 bits per heavy atom. The quantitative estimate of drug-likeness (QED) is 0.803. The molecule has 3 heterocycles. The molecule has 4 rings (SSSR count). The van der Waals surface area contributed by atoms with Crippen molar-refractivity contribution in [3.63, 3.8) is 0 Å². The second-order valence-corrected chi connectivity index (χ2v) is 7.98. The van der Waals surface area contributed by atoms with Crippen LogP contribution in [-0.4, -0.2) is 51.3 Å². The highest BCUT2D eigenvalue weighted by atomic mass is 16.5. The van der Waals surface area contributed by atoms with Gasteiger partial charge < -0.3 is 19.4 Å². The molecule has 156 valence electrons. The van der Waals surface area contributed by atoms with Gasteiger partial charge in [-0.25, -0.2) is 9.97 Å². The van der Waals surface area contributed by atoms with E-state index in [9.17, 15) is 4.79 Å². The van der Waals surface area contributed by atoms with E-state index in [2.05, 4.69) is 20.3 Å². The van der Waals surface area contributed by atoms with Crippen LogP contribution in [0.4, 0.5) is 0 Å². The lowest BCUT2D eigenvalue weighted by molar-refractivity contribution is 0.0490. The van der Waals surface area contributed by atoms with E-state index in [0.717, 1.165) is 57.4 Å². The highest BCUT2D eigenvalue weighted by molar-refractivity contribution is 5.93. The molecule has 0 radical (unpaired) electrons. The van der Waals surface area contributed by atoms with E-state index in [1.54, 1.807) is 18.6 Å². The highest BCUT2D eigenvalue weighted by Crippen LogP contribution is 2.22. The van der Waals surface area contributed by atoms with Crippen molar-refractivity contribution < 1.29 is 14.3 Å². The Hall–Kier alpha value is -2.48. The van der Waals surface area contributed by atoms with Crippen molar-refractivity contribution >= 4 is 5.91 Å². The fourth-order valence-corrected chi connectivity index (χ4v) is 3.93. The number of amides is 1. The Balaban J connectivity index is 1.53. The third kappa shape index (κ3) is 5.12. The van der Waals surface area contributed by atoms with Crippen LogP contribution in [-0.2, 0) is 11.8 Å². The molecule has 2 aliphatic rings. The SMILES string of the molecule is Cn1cncc1-c1nc(OCC2CCOCC2)cc(C(=O)NC2CCCCC2)n1. The van der Waals surface area contributed by atoms with Gasteiger partial charge in [-0.1, -0.05) is 19.3 Å². The van der Waals surface area contributed by atoms with Gasteiger partial charge in [0.1, 0.15) is 11.4 Å². The summed E-state index contributed by atoms with van der Waals surface area (Å²) in [6, 6.07) is 1.87. The molecule has 0 atom stereocenters. The first-order valence-corrected chi connectivity index (χ1v) is 10.6. The monoisotopic (exact) mass is 399 g/mol. The topological polar surface area (TPSA) is 91.2 Å². The van der Waals surface area contributed by atoms with Crippen LogP contribution in [0.5, 0.6) is 5.88 Å². The zero-order valence-corrected chi connectivity index (χ0v) is 17.0. The van der Waals surface area contributed by atoms with Gasteiger partial charge in [-0.05, 0) is 31.6 Å². The summed E-state index contributed by atoms with van der Waals surface area (Å²) >= 11 is 0. The summed E-state index contributed by atoms with van der Waals surface area (Å²) in [7, 11) is 1.88. The summed E-state index contributed by atoms with van der Waals surface area (Å²) in [5.74, 6) is 1.15. The molecule has 1 saturated carbocycles. The number of nitrogens with zero attached hydrogens (tertiary/aromatic N) is 4. The van der Waals surface area contributed by atoms with Crippen molar-refractivity contribution in [2.24, 2.45) is 13.0 Å². The maximum atomic E-state index is 12.9. The highest BCUT2D eigenvalue weighted by Gasteiger charge is 2.21. The molecule has 1 aliphatic carbocycles. The number of aromatic nitrogens is 4. The first-order chi connectivity index (χ1) is 14.2. The molecule has 0 spiro atoms. The fraction of sp³-hybridized carbons (Fsp3) is 0.619. The Morgan fingerprint density at radius 1 is 1.21 bits per heavy atom. The standard InChI is InChI=1S/C21H29N5O3/c1-26-14-22-12-18(26)20-24-17(21(27)23-16-5-3-2-4-6-16)11-19(25-20)29-13-15-7-9-28-10-8-15/h11-12,14-16H,2-10,13H2,1H3,(H,23,27). The number of carbonyl (C=O) groups is 1. The van der Waals surface area contributed by atoms with Crippen molar-refractivity contribution in [2.45, 2.75) is 51.0 Å². The number of rotatable bonds is 6. The summed E-state index contributed by atoms with van der Waals surface area (Å²) in [4.78, 5) is 26.1. The molecule has 2 aromatic heterocycles. The van der Waals surface area contributed by atoms with E-state index >= 15 is 0 Å². The predicted octanol–water partition coefficient (Wildman–Crippen LogP) is 2.75. The summed E-state index contributed by atoms with van der Waals surface area (Å²) in [5, 5.41) is 3.13. The van der Waals surface area contributed by atoms with Gasteiger partial charge in [-0.2, -0.15) is 4.98 Å². The van der Waals surface area contributed by atoms with Gasteiger partial charge in [0, 0.05) is 32.4 Å². The molecule has 8 nitrogen and oxygen atoms in total. The fourth-order valence-electron chi connectivity index (χ4n) is 3.93. The molecule has 0 bridgehead atoms. The average Bonchev–Trinajstić information content (AvgIpc) is 3.19. The first-order valence-electron chi connectivity index (χ1n) is 10.6. The van der Waals surface area contributed by atoms with Gasteiger partial charge in [0.25, 0.3) is 5.91 Å². The Kier molecular flexibility index (Phi) is 6.39. The van der Waals surface area contributed by atoms with E-state index in [1.165, 1.54) is 6.42 Å². The molecule has 1 N–H and O–H groups in total. The average molecular weight is 399 g/mol. The number of aryl methyl sites for hydroxylation is 1. The lowest BCUT2D eigenvalue weighted by Crippen LogP contribution is -2.36. The number of hydrogen-bond acceptors (Lipinski definition) is 6. The summed E-state index contributed by atoms with van der Waals surface area (Å²) < 4.78 is 13.2. The molecule has 1 amide bonds. The summed E-state index contributed by atoms with van der Waals surface area (Å²) in [6.07, 6.45) is 11.0. The second kappa shape index (κ2) is 9.35. The first kappa shape index (κ1) is 19.8. The van der Waals surface area contributed by atoms with Gasteiger partial charge in [0.05, 0.1) is 19.1 Å². The minimum Gasteiger partial charge on any atom is -0.477 e. The molecule has 0 unspecified atom stereocenters. The van der Waals surface area contributed by atoms with Crippen LogP contribution in [0.2, 0.25) is 0 Å². The minimum atomic E-state index is -0.168. The van der Waals surface area contributed by atoms with Crippen LogP contribution in [0.15, 0.2) is 18.6 Å². The number of nitrogens with one attached hydrogen (secondary N) is 1. The molecule has 0 aromatic carbocycles.